The van der Waals surface area contributed by atoms with Gasteiger partial charge in [0.1, 0.15) is 0 Å². The maximum Gasteiger partial charge on any atom is 0.184 e. The molecule has 1 heterocycles. The third kappa shape index (κ3) is 1.97. The number of rotatable bonds is 1. The Hall–Kier alpha value is -0.860. The summed E-state index contributed by atoms with van der Waals surface area (Å²) < 4.78 is 11.4. The molecule has 1 aromatic carbocycles. The second-order valence-electron chi connectivity index (χ2n) is 3.89. The van der Waals surface area contributed by atoms with Crippen LogP contribution in [0.3, 0.4) is 0 Å². The minimum absolute atomic E-state index is 0.178. The number of ether oxygens (including phenoxy) is 2. The van der Waals surface area contributed by atoms with Gasteiger partial charge in [-0.1, -0.05) is 37.3 Å². The molecule has 1 saturated heterocycles. The molecule has 76 valence electrons. The summed E-state index contributed by atoms with van der Waals surface area (Å²) in [6.45, 7) is 5.02. The topological polar surface area (TPSA) is 18.5 Å². The molecule has 0 radical (unpaired) electrons. The molecule has 1 fully saturated rings. The van der Waals surface area contributed by atoms with Crippen molar-refractivity contribution in [1.29, 1.82) is 0 Å². The highest BCUT2D eigenvalue weighted by Gasteiger charge is 2.26. The van der Waals surface area contributed by atoms with Crippen LogP contribution >= 0.6 is 0 Å². The van der Waals surface area contributed by atoms with E-state index in [2.05, 4.69) is 13.8 Å². The van der Waals surface area contributed by atoms with Crippen molar-refractivity contribution in [1.82, 2.24) is 0 Å². The van der Waals surface area contributed by atoms with Crippen molar-refractivity contribution in [2.24, 2.45) is 5.92 Å². The van der Waals surface area contributed by atoms with E-state index in [1.165, 1.54) is 0 Å². The lowest BCUT2D eigenvalue weighted by Gasteiger charge is -2.33. The molecule has 2 nitrogen and oxygen atoms in total. The summed E-state index contributed by atoms with van der Waals surface area (Å²) in [7, 11) is 0. The molecule has 0 aliphatic carbocycles. The second kappa shape index (κ2) is 4.11. The minimum atomic E-state index is -0.178. The average Bonchev–Trinajstić information content (AvgIpc) is 2.23. The van der Waals surface area contributed by atoms with Crippen LogP contribution in [-0.4, -0.2) is 12.7 Å². The Morgan fingerprint density at radius 3 is 2.50 bits per heavy atom. The summed E-state index contributed by atoms with van der Waals surface area (Å²) in [6.07, 6.45) is 0.0938. The van der Waals surface area contributed by atoms with Gasteiger partial charge in [-0.3, -0.25) is 0 Å². The zero-order valence-corrected chi connectivity index (χ0v) is 8.64. The summed E-state index contributed by atoms with van der Waals surface area (Å²) in [5.74, 6) is 0.481. The Morgan fingerprint density at radius 1 is 1.14 bits per heavy atom. The monoisotopic (exact) mass is 192 g/mol. The summed E-state index contributed by atoms with van der Waals surface area (Å²) in [6, 6.07) is 10.1. The van der Waals surface area contributed by atoms with Crippen molar-refractivity contribution >= 4 is 0 Å². The summed E-state index contributed by atoms with van der Waals surface area (Å²) in [5, 5.41) is 0. The predicted molar refractivity (Wildman–Crippen MR) is 54.8 cm³/mol. The van der Waals surface area contributed by atoms with Crippen LogP contribution in [0.5, 0.6) is 0 Å². The predicted octanol–water partition coefficient (Wildman–Crippen LogP) is 2.76. The Labute approximate surface area is 84.8 Å². The zero-order chi connectivity index (χ0) is 9.97. The van der Waals surface area contributed by atoms with Crippen molar-refractivity contribution in [3.63, 3.8) is 0 Å². The van der Waals surface area contributed by atoms with Crippen LogP contribution < -0.4 is 0 Å². The molecule has 0 spiro atoms. The molecule has 0 aromatic heterocycles. The highest BCUT2D eigenvalue weighted by molar-refractivity contribution is 5.16. The van der Waals surface area contributed by atoms with Crippen molar-refractivity contribution in [2.75, 3.05) is 6.61 Å². The van der Waals surface area contributed by atoms with E-state index in [4.69, 9.17) is 9.47 Å². The van der Waals surface area contributed by atoms with Crippen LogP contribution in [0.4, 0.5) is 0 Å². The van der Waals surface area contributed by atoms with E-state index in [1.54, 1.807) is 0 Å². The third-order valence-corrected chi connectivity index (χ3v) is 2.72. The Bertz CT molecular complexity index is 284. The van der Waals surface area contributed by atoms with Gasteiger partial charge in [-0.05, 0) is 6.92 Å². The van der Waals surface area contributed by atoms with Gasteiger partial charge in [0.15, 0.2) is 6.29 Å². The van der Waals surface area contributed by atoms with E-state index in [0.29, 0.717) is 5.92 Å². The van der Waals surface area contributed by atoms with Gasteiger partial charge in [0.25, 0.3) is 0 Å². The van der Waals surface area contributed by atoms with Crippen LogP contribution in [0.1, 0.15) is 25.7 Å². The van der Waals surface area contributed by atoms with Gasteiger partial charge in [-0.25, -0.2) is 0 Å². The first-order chi connectivity index (χ1) is 6.77. The summed E-state index contributed by atoms with van der Waals surface area (Å²) in [4.78, 5) is 0. The largest absolute Gasteiger partial charge is 0.348 e. The smallest absolute Gasteiger partial charge is 0.184 e. The molecule has 2 rings (SSSR count). The normalized spacial score (nSPS) is 32.9. The zero-order valence-electron chi connectivity index (χ0n) is 8.64. The molecule has 1 aromatic rings. The van der Waals surface area contributed by atoms with Crippen molar-refractivity contribution < 1.29 is 9.47 Å². The maximum absolute atomic E-state index is 5.76. The fraction of sp³-hybridized carbons (Fsp3) is 0.500. The van der Waals surface area contributed by atoms with E-state index in [9.17, 15) is 0 Å². The lowest BCUT2D eigenvalue weighted by Crippen LogP contribution is -2.32. The fourth-order valence-electron chi connectivity index (χ4n) is 1.53. The number of hydrogen-bond donors (Lipinski definition) is 0. The SMILES string of the molecule is CC1COC(c2ccccc2)OC1C. The van der Waals surface area contributed by atoms with E-state index >= 15 is 0 Å². The summed E-state index contributed by atoms with van der Waals surface area (Å²) >= 11 is 0. The lowest BCUT2D eigenvalue weighted by molar-refractivity contribution is -0.233. The van der Waals surface area contributed by atoms with E-state index in [-0.39, 0.29) is 12.4 Å². The molecule has 1 aliphatic heterocycles. The second-order valence-corrected chi connectivity index (χ2v) is 3.89. The van der Waals surface area contributed by atoms with Gasteiger partial charge in [-0.2, -0.15) is 0 Å². The first-order valence-electron chi connectivity index (χ1n) is 5.09. The van der Waals surface area contributed by atoms with E-state index < -0.39 is 0 Å². The molecule has 2 heteroatoms. The van der Waals surface area contributed by atoms with Gasteiger partial charge in [0.2, 0.25) is 0 Å². The molecular formula is C12H16O2. The molecule has 0 saturated carbocycles. The van der Waals surface area contributed by atoms with Crippen LogP contribution in [0.15, 0.2) is 30.3 Å². The molecule has 3 unspecified atom stereocenters. The minimum Gasteiger partial charge on any atom is -0.348 e. The Balaban J connectivity index is 2.07. The van der Waals surface area contributed by atoms with Crippen molar-refractivity contribution in [3.8, 4) is 0 Å². The van der Waals surface area contributed by atoms with Crippen LogP contribution in [0.2, 0.25) is 0 Å². The van der Waals surface area contributed by atoms with Crippen LogP contribution in [0.25, 0.3) is 0 Å². The molecule has 3 atom stereocenters. The van der Waals surface area contributed by atoms with Gasteiger partial charge in [-0.15, -0.1) is 0 Å². The van der Waals surface area contributed by atoms with Gasteiger partial charge in [0, 0.05) is 11.5 Å². The van der Waals surface area contributed by atoms with E-state index in [0.717, 1.165) is 12.2 Å². The fourth-order valence-corrected chi connectivity index (χ4v) is 1.53. The van der Waals surface area contributed by atoms with Gasteiger partial charge < -0.3 is 9.47 Å². The highest BCUT2D eigenvalue weighted by Crippen LogP contribution is 2.28. The van der Waals surface area contributed by atoms with Crippen LogP contribution in [-0.2, 0) is 9.47 Å². The number of benzene rings is 1. The third-order valence-electron chi connectivity index (χ3n) is 2.72. The highest BCUT2D eigenvalue weighted by atomic mass is 16.7. The first-order valence-corrected chi connectivity index (χ1v) is 5.09. The molecule has 14 heavy (non-hydrogen) atoms. The average molecular weight is 192 g/mol. The van der Waals surface area contributed by atoms with Crippen LogP contribution in [0, 0.1) is 5.92 Å². The quantitative estimate of drug-likeness (QED) is 0.681. The molecule has 0 N–H and O–H groups in total. The maximum atomic E-state index is 5.76. The molecule has 0 bridgehead atoms. The Kier molecular flexibility index (Phi) is 2.85. The molecule has 1 aliphatic rings. The van der Waals surface area contributed by atoms with Crippen molar-refractivity contribution in [2.45, 2.75) is 26.2 Å². The first kappa shape index (κ1) is 9.69. The van der Waals surface area contributed by atoms with E-state index in [1.807, 2.05) is 30.3 Å². The molecular weight excluding hydrogens is 176 g/mol. The standard InChI is InChI=1S/C12H16O2/c1-9-8-13-12(14-10(9)2)11-6-4-3-5-7-11/h3-7,9-10,12H,8H2,1-2H3. The van der Waals surface area contributed by atoms with Crippen molar-refractivity contribution in [3.05, 3.63) is 35.9 Å². The number of hydrogen-bond acceptors (Lipinski definition) is 2. The van der Waals surface area contributed by atoms with Gasteiger partial charge in [0.05, 0.1) is 12.7 Å². The van der Waals surface area contributed by atoms with Gasteiger partial charge >= 0.3 is 0 Å². The summed E-state index contributed by atoms with van der Waals surface area (Å²) in [5.41, 5.74) is 1.10. The molecule has 0 amide bonds. The lowest BCUT2D eigenvalue weighted by atomic mass is 10.1. The Morgan fingerprint density at radius 2 is 1.86 bits per heavy atom.